The molecule has 0 unspecified atom stereocenters. The Morgan fingerprint density at radius 3 is 1.63 bits per heavy atom. The van der Waals surface area contributed by atoms with Gasteiger partial charge in [0.25, 0.3) is 5.91 Å². The lowest BCUT2D eigenvalue weighted by atomic mass is 10.0. The lowest BCUT2D eigenvalue weighted by Gasteiger charge is -2.17. The van der Waals surface area contributed by atoms with Crippen molar-refractivity contribution in [2.75, 3.05) is 21.3 Å². The zero-order valence-corrected chi connectivity index (χ0v) is 34.4. The summed E-state index contributed by atoms with van der Waals surface area (Å²) in [6, 6.07) is 18.8. The fourth-order valence-corrected chi connectivity index (χ4v) is 6.49. The number of hydrogen-bond donors (Lipinski definition) is 0. The molecular formula is C45H44FN7O6. The lowest BCUT2D eigenvalue weighted by molar-refractivity contribution is -0.0758. The van der Waals surface area contributed by atoms with E-state index in [0.717, 1.165) is 56.4 Å². The number of benzene rings is 1. The van der Waals surface area contributed by atoms with Crippen molar-refractivity contribution < 1.29 is 23.6 Å². The number of hydrogen-bond acceptors (Lipinski definition) is 10. The fourth-order valence-electron chi connectivity index (χ4n) is 6.49. The summed E-state index contributed by atoms with van der Waals surface area (Å²) in [5.41, 5.74) is 6.95. The fraction of sp³-hybridized carbons (Fsp3) is 0.244. The molecule has 6 heterocycles. The number of nitrogens with zero attached hydrogens (tertiary/aromatic N) is 7. The first-order chi connectivity index (χ1) is 28.1. The van der Waals surface area contributed by atoms with Crippen LogP contribution in [0.15, 0.2) is 88.7 Å². The van der Waals surface area contributed by atoms with E-state index < -0.39 is 22.9 Å². The van der Waals surface area contributed by atoms with Gasteiger partial charge in [0.2, 0.25) is 10.9 Å². The van der Waals surface area contributed by atoms with Crippen LogP contribution in [0.3, 0.4) is 0 Å². The molecule has 59 heavy (non-hydrogen) atoms. The summed E-state index contributed by atoms with van der Waals surface area (Å²) < 4.78 is 22.7. The van der Waals surface area contributed by atoms with Crippen molar-refractivity contribution in [1.82, 2.24) is 34.1 Å². The van der Waals surface area contributed by atoms with Gasteiger partial charge in [-0.3, -0.25) is 34.0 Å². The third-order valence-corrected chi connectivity index (χ3v) is 9.99. The maximum absolute atomic E-state index is 14.2. The van der Waals surface area contributed by atoms with Gasteiger partial charge in [0, 0.05) is 47.8 Å². The number of ether oxygens (including phenoxy) is 1. The molecule has 13 nitrogen and oxygen atoms in total. The first-order valence-electron chi connectivity index (χ1n) is 18.7. The van der Waals surface area contributed by atoms with Crippen LogP contribution < -0.4 is 15.6 Å². The molecule has 14 heteroatoms. The molecule has 0 aliphatic rings. The quantitative estimate of drug-likeness (QED) is 0.116. The van der Waals surface area contributed by atoms with Gasteiger partial charge >= 0.3 is 0 Å². The minimum absolute atomic E-state index is 0.0262. The maximum Gasteiger partial charge on any atom is 0.282 e. The average Bonchev–Trinajstić information content (AvgIpc) is 3.21. The molecule has 6 aromatic heterocycles. The number of carbonyl (C=O) groups excluding carboxylic acids is 2. The van der Waals surface area contributed by atoms with Crippen LogP contribution in [0, 0.1) is 47.4 Å². The number of aromatic nitrogens is 6. The van der Waals surface area contributed by atoms with Crippen molar-refractivity contribution in [3.63, 3.8) is 0 Å². The van der Waals surface area contributed by atoms with E-state index in [9.17, 15) is 23.6 Å². The molecule has 0 aliphatic heterocycles. The van der Waals surface area contributed by atoms with E-state index in [4.69, 9.17) is 9.57 Å². The monoisotopic (exact) mass is 797 g/mol. The van der Waals surface area contributed by atoms with Gasteiger partial charge in [0.1, 0.15) is 16.9 Å². The second-order valence-corrected chi connectivity index (χ2v) is 14.2. The molecule has 0 atom stereocenters. The second kappa shape index (κ2) is 17.3. The number of ketones is 1. The molecule has 302 valence electrons. The number of rotatable bonds is 9. The Labute approximate surface area is 339 Å². The normalized spacial score (nSPS) is 11.0. The van der Waals surface area contributed by atoms with Crippen molar-refractivity contribution >= 4 is 33.8 Å². The van der Waals surface area contributed by atoms with Gasteiger partial charge in [-0.05, 0) is 107 Å². The van der Waals surface area contributed by atoms with Gasteiger partial charge in [-0.1, -0.05) is 12.1 Å². The van der Waals surface area contributed by atoms with E-state index in [1.165, 1.54) is 45.8 Å². The second-order valence-electron chi connectivity index (χ2n) is 14.2. The van der Waals surface area contributed by atoms with E-state index in [1.54, 1.807) is 21.3 Å². The van der Waals surface area contributed by atoms with Crippen molar-refractivity contribution in [3.8, 4) is 5.75 Å². The minimum Gasteiger partial charge on any atom is -0.494 e. The molecule has 0 aliphatic carbocycles. The Hall–Kier alpha value is -6.93. The summed E-state index contributed by atoms with van der Waals surface area (Å²) in [5.74, 6) is -1.72. The van der Waals surface area contributed by atoms with Crippen LogP contribution >= 0.6 is 0 Å². The number of halogens is 1. The van der Waals surface area contributed by atoms with Gasteiger partial charge in [0.15, 0.2) is 17.3 Å². The Morgan fingerprint density at radius 1 is 0.678 bits per heavy atom. The van der Waals surface area contributed by atoms with Crippen LogP contribution in [0.5, 0.6) is 5.75 Å². The van der Waals surface area contributed by atoms with E-state index in [2.05, 4.69) is 19.9 Å². The predicted octanol–water partition coefficient (Wildman–Crippen LogP) is 6.54. The van der Waals surface area contributed by atoms with E-state index in [0.29, 0.717) is 35.2 Å². The molecule has 0 bridgehead atoms. The lowest BCUT2D eigenvalue weighted by Crippen LogP contribution is -2.31. The van der Waals surface area contributed by atoms with Crippen LogP contribution in [-0.2, 0) is 17.9 Å². The van der Waals surface area contributed by atoms with Crippen LogP contribution in [0.1, 0.15) is 71.6 Å². The molecule has 7 aromatic rings. The van der Waals surface area contributed by atoms with Crippen LogP contribution in [0.2, 0.25) is 0 Å². The largest absolute Gasteiger partial charge is 0.494 e. The molecule has 0 fully saturated rings. The number of amides is 1. The molecule has 0 saturated carbocycles. The smallest absolute Gasteiger partial charge is 0.282 e. The first-order valence-corrected chi connectivity index (χ1v) is 18.7. The number of hydroxylamine groups is 2. The van der Waals surface area contributed by atoms with Gasteiger partial charge < -0.3 is 13.9 Å². The highest BCUT2D eigenvalue weighted by Crippen LogP contribution is 2.22. The van der Waals surface area contributed by atoms with Crippen molar-refractivity contribution in [2.45, 2.75) is 54.6 Å². The highest BCUT2D eigenvalue weighted by Gasteiger charge is 2.22. The Kier molecular flexibility index (Phi) is 12.2. The predicted molar refractivity (Wildman–Crippen MR) is 223 cm³/mol. The van der Waals surface area contributed by atoms with Crippen LogP contribution in [0.25, 0.3) is 22.1 Å². The maximum atomic E-state index is 14.2. The molecular weight excluding hydrogens is 754 g/mol. The van der Waals surface area contributed by atoms with Gasteiger partial charge in [-0.25, -0.2) is 19.4 Å². The zero-order valence-electron chi connectivity index (χ0n) is 34.4. The number of pyridine rings is 6. The number of aryl methyl sites for hydroxylation is 6. The van der Waals surface area contributed by atoms with E-state index in [1.807, 2.05) is 77.9 Å². The third kappa shape index (κ3) is 8.82. The number of methoxy groups -OCH3 is 1. The summed E-state index contributed by atoms with van der Waals surface area (Å²) in [6.45, 7) is 12.0. The third-order valence-electron chi connectivity index (χ3n) is 9.99. The standard InChI is InChI=1S/C25H22FN3O3.C20H22N4O3/c1-14-10-19-24(31)20(23(30)17-8-9-22(32-4)21(26)11-17)13-29(25(19)28-16(14)3)12-18-7-5-6-15(2)27-18;1-12-9-16-18(25)17(20(26)23(4)27-5)11-24(19(16)22-14(12)3)10-15-8-6-7-13(2)21-15/h5-11,13H,12H2,1-4H3;6-9,11H,10H2,1-5H3. The van der Waals surface area contributed by atoms with Crippen molar-refractivity contribution in [3.05, 3.63) is 167 Å². The summed E-state index contributed by atoms with van der Waals surface area (Å²) in [4.78, 5) is 75.2. The molecule has 1 aromatic carbocycles. The van der Waals surface area contributed by atoms with Crippen molar-refractivity contribution in [2.24, 2.45) is 0 Å². The summed E-state index contributed by atoms with van der Waals surface area (Å²) in [6.07, 6.45) is 3.02. The summed E-state index contributed by atoms with van der Waals surface area (Å²) in [5, 5.41) is 1.77. The topological polar surface area (TPSA) is 151 Å². The Balaban J connectivity index is 0.000000201. The molecule has 1 amide bonds. The molecule has 0 spiro atoms. The average molecular weight is 798 g/mol. The highest BCUT2D eigenvalue weighted by molar-refractivity contribution is 6.10. The van der Waals surface area contributed by atoms with Crippen LogP contribution in [0.4, 0.5) is 4.39 Å². The van der Waals surface area contributed by atoms with Gasteiger partial charge in [-0.15, -0.1) is 0 Å². The zero-order chi connectivity index (χ0) is 42.7. The molecule has 0 N–H and O–H groups in total. The van der Waals surface area contributed by atoms with E-state index in [-0.39, 0.29) is 27.9 Å². The number of fused-ring (bicyclic) bond motifs is 2. The van der Waals surface area contributed by atoms with E-state index >= 15 is 0 Å². The molecule has 0 saturated heterocycles. The van der Waals surface area contributed by atoms with Gasteiger partial charge in [-0.2, -0.15) is 0 Å². The van der Waals surface area contributed by atoms with Gasteiger partial charge in [0.05, 0.1) is 55.0 Å². The Morgan fingerprint density at radius 2 is 1.17 bits per heavy atom. The Bertz CT molecular complexity index is 2910. The summed E-state index contributed by atoms with van der Waals surface area (Å²) in [7, 11) is 4.19. The van der Waals surface area contributed by atoms with Crippen molar-refractivity contribution in [1.29, 1.82) is 0 Å². The molecule has 7 rings (SSSR count). The van der Waals surface area contributed by atoms with Crippen LogP contribution in [-0.4, -0.2) is 67.1 Å². The number of carbonyl (C=O) groups is 2. The highest BCUT2D eigenvalue weighted by atomic mass is 19.1. The first kappa shape index (κ1) is 41.7. The SMILES string of the molecule is CON(C)C(=O)c1cn(Cc2cccc(C)n2)c2nc(C)c(C)cc2c1=O.COc1ccc(C(=O)c2cn(Cc3cccc(C)n3)c3nc(C)c(C)cc3c2=O)cc1F. The summed E-state index contributed by atoms with van der Waals surface area (Å²) >= 11 is 0. The molecule has 0 radical (unpaired) electrons. The minimum atomic E-state index is -0.670.